The highest BCUT2D eigenvalue weighted by molar-refractivity contribution is 7.90. The number of amides is 1. The van der Waals surface area contributed by atoms with E-state index < -0.39 is 9.84 Å². The van der Waals surface area contributed by atoms with Crippen molar-refractivity contribution in [3.05, 3.63) is 28.8 Å². The first kappa shape index (κ1) is 15.3. The molecule has 0 atom stereocenters. The SMILES string of the molecule is CC1(C)CN(C(=O)CCS(C)(=O)=O)c2cccc(Cl)c21. The summed E-state index contributed by atoms with van der Waals surface area (Å²) in [5.74, 6) is -0.303. The number of rotatable bonds is 3. The predicted octanol–water partition coefficient (Wildman–Crippen LogP) is 2.40. The molecule has 4 nitrogen and oxygen atoms in total. The maximum atomic E-state index is 12.3. The summed E-state index contributed by atoms with van der Waals surface area (Å²) >= 11 is 6.24. The molecule has 0 N–H and O–H groups in total. The fourth-order valence-corrected chi connectivity index (χ4v) is 3.57. The molecular formula is C14H18ClNO3S. The largest absolute Gasteiger partial charge is 0.311 e. The Labute approximate surface area is 124 Å². The summed E-state index contributed by atoms with van der Waals surface area (Å²) in [4.78, 5) is 13.9. The molecule has 0 radical (unpaired) electrons. The van der Waals surface area contributed by atoms with Gasteiger partial charge in [0, 0.05) is 40.9 Å². The Balaban J connectivity index is 2.29. The van der Waals surface area contributed by atoms with Crippen LogP contribution in [0.2, 0.25) is 5.02 Å². The van der Waals surface area contributed by atoms with Gasteiger partial charge in [0.05, 0.1) is 5.75 Å². The summed E-state index contributed by atoms with van der Waals surface area (Å²) in [6.45, 7) is 4.58. The monoisotopic (exact) mass is 315 g/mol. The highest BCUT2D eigenvalue weighted by atomic mass is 35.5. The van der Waals surface area contributed by atoms with Crippen LogP contribution < -0.4 is 4.90 Å². The number of carbonyl (C=O) groups is 1. The van der Waals surface area contributed by atoms with Crippen LogP contribution in [0.25, 0.3) is 0 Å². The van der Waals surface area contributed by atoms with E-state index in [1.54, 1.807) is 11.0 Å². The smallest absolute Gasteiger partial charge is 0.228 e. The molecule has 6 heteroatoms. The molecule has 0 fully saturated rings. The van der Waals surface area contributed by atoms with Gasteiger partial charge in [-0.15, -0.1) is 0 Å². The topological polar surface area (TPSA) is 54.5 Å². The van der Waals surface area contributed by atoms with E-state index in [9.17, 15) is 13.2 Å². The number of sulfone groups is 1. The molecule has 1 heterocycles. The van der Waals surface area contributed by atoms with Crippen molar-refractivity contribution in [1.82, 2.24) is 0 Å². The Kier molecular flexibility index (Phi) is 3.86. The van der Waals surface area contributed by atoms with Crippen LogP contribution in [-0.2, 0) is 20.0 Å². The first-order valence-electron chi connectivity index (χ1n) is 6.39. The number of carbonyl (C=O) groups excluding carboxylic acids is 1. The maximum Gasteiger partial charge on any atom is 0.228 e. The predicted molar refractivity (Wildman–Crippen MR) is 81.2 cm³/mol. The number of fused-ring (bicyclic) bond motifs is 1. The summed E-state index contributed by atoms with van der Waals surface area (Å²) in [6, 6.07) is 5.47. The third-order valence-corrected chi connectivity index (χ3v) is 4.76. The molecule has 20 heavy (non-hydrogen) atoms. The number of hydrogen-bond donors (Lipinski definition) is 0. The third kappa shape index (κ3) is 2.99. The van der Waals surface area contributed by atoms with Crippen LogP contribution in [0.3, 0.4) is 0 Å². The second kappa shape index (κ2) is 5.04. The van der Waals surface area contributed by atoms with Gasteiger partial charge < -0.3 is 4.90 Å². The summed E-state index contributed by atoms with van der Waals surface area (Å²) in [7, 11) is -3.14. The summed E-state index contributed by atoms with van der Waals surface area (Å²) in [5, 5.41) is 0.644. The average Bonchev–Trinajstić information content (AvgIpc) is 2.59. The highest BCUT2D eigenvalue weighted by Gasteiger charge is 2.39. The van der Waals surface area contributed by atoms with Crippen LogP contribution in [0, 0.1) is 0 Å². The van der Waals surface area contributed by atoms with Gasteiger partial charge in [0.1, 0.15) is 9.84 Å². The van der Waals surface area contributed by atoms with Gasteiger partial charge in [0.15, 0.2) is 0 Å². The molecule has 110 valence electrons. The molecule has 1 aromatic rings. The molecule has 1 aromatic carbocycles. The summed E-state index contributed by atoms with van der Waals surface area (Å²) in [6.07, 6.45) is 1.14. The zero-order valence-electron chi connectivity index (χ0n) is 11.8. The Bertz CT molecular complexity index is 652. The van der Waals surface area contributed by atoms with E-state index in [0.717, 1.165) is 17.5 Å². The van der Waals surface area contributed by atoms with Crippen LogP contribution in [0.1, 0.15) is 25.8 Å². The van der Waals surface area contributed by atoms with Gasteiger partial charge in [-0.3, -0.25) is 4.79 Å². The molecule has 0 aliphatic carbocycles. The van der Waals surface area contributed by atoms with E-state index in [0.29, 0.717) is 11.6 Å². The van der Waals surface area contributed by atoms with Crippen molar-refractivity contribution in [1.29, 1.82) is 0 Å². The Morgan fingerprint density at radius 3 is 2.65 bits per heavy atom. The van der Waals surface area contributed by atoms with Crippen molar-refractivity contribution < 1.29 is 13.2 Å². The van der Waals surface area contributed by atoms with Gasteiger partial charge >= 0.3 is 0 Å². The number of hydrogen-bond acceptors (Lipinski definition) is 3. The van der Waals surface area contributed by atoms with Crippen LogP contribution in [0.4, 0.5) is 5.69 Å². The molecule has 0 saturated heterocycles. The van der Waals surface area contributed by atoms with Crippen LogP contribution in [0.5, 0.6) is 0 Å². The molecule has 0 aromatic heterocycles. The molecule has 0 unspecified atom stereocenters. The molecule has 1 aliphatic rings. The number of nitrogens with zero attached hydrogens (tertiary/aromatic N) is 1. The fraction of sp³-hybridized carbons (Fsp3) is 0.500. The quantitative estimate of drug-likeness (QED) is 0.860. The van der Waals surface area contributed by atoms with E-state index in [2.05, 4.69) is 0 Å². The van der Waals surface area contributed by atoms with Crippen molar-refractivity contribution in [3.8, 4) is 0 Å². The lowest BCUT2D eigenvalue weighted by Gasteiger charge is -2.20. The van der Waals surface area contributed by atoms with Gasteiger partial charge in [-0.1, -0.05) is 31.5 Å². The second-order valence-electron chi connectivity index (χ2n) is 5.88. The number of halogens is 1. The minimum absolute atomic E-state index is 0.000860. The Hall–Kier alpha value is -1.07. The van der Waals surface area contributed by atoms with Gasteiger partial charge in [-0.05, 0) is 12.1 Å². The molecule has 0 bridgehead atoms. The molecule has 2 rings (SSSR count). The van der Waals surface area contributed by atoms with Gasteiger partial charge in [-0.25, -0.2) is 8.42 Å². The Morgan fingerprint density at radius 1 is 1.40 bits per heavy atom. The van der Waals surface area contributed by atoms with E-state index in [1.807, 2.05) is 26.0 Å². The lowest BCUT2D eigenvalue weighted by molar-refractivity contribution is -0.118. The Morgan fingerprint density at radius 2 is 2.05 bits per heavy atom. The minimum atomic E-state index is -3.14. The minimum Gasteiger partial charge on any atom is -0.311 e. The molecule has 1 amide bonds. The zero-order valence-corrected chi connectivity index (χ0v) is 13.4. The zero-order chi connectivity index (χ0) is 15.1. The molecular weight excluding hydrogens is 298 g/mol. The van der Waals surface area contributed by atoms with Gasteiger partial charge in [-0.2, -0.15) is 0 Å². The lowest BCUT2D eigenvalue weighted by atomic mass is 9.87. The summed E-state index contributed by atoms with van der Waals surface area (Å²) < 4.78 is 22.4. The highest BCUT2D eigenvalue weighted by Crippen LogP contribution is 2.44. The first-order valence-corrected chi connectivity index (χ1v) is 8.83. The standard InChI is InChI=1S/C14H18ClNO3S/c1-14(2)9-16(12(17)7-8-20(3,18)19)11-6-4-5-10(15)13(11)14/h4-6H,7-9H2,1-3H3. The van der Waals surface area contributed by atoms with Crippen LogP contribution in [0.15, 0.2) is 18.2 Å². The van der Waals surface area contributed by atoms with Crippen molar-refractivity contribution in [2.24, 2.45) is 0 Å². The van der Waals surface area contributed by atoms with Crippen LogP contribution >= 0.6 is 11.6 Å². The van der Waals surface area contributed by atoms with Crippen molar-refractivity contribution >= 4 is 33.0 Å². The van der Waals surface area contributed by atoms with Gasteiger partial charge in [0.2, 0.25) is 5.91 Å². The number of anilines is 1. The summed E-state index contributed by atoms with van der Waals surface area (Å²) in [5.41, 5.74) is 1.52. The van der Waals surface area contributed by atoms with Crippen LogP contribution in [-0.4, -0.2) is 32.9 Å². The third-order valence-electron chi connectivity index (χ3n) is 3.50. The van der Waals surface area contributed by atoms with E-state index in [1.165, 1.54) is 0 Å². The average molecular weight is 316 g/mol. The normalized spacial score (nSPS) is 17.1. The van der Waals surface area contributed by atoms with Crippen molar-refractivity contribution in [3.63, 3.8) is 0 Å². The van der Waals surface area contributed by atoms with E-state index >= 15 is 0 Å². The number of benzene rings is 1. The second-order valence-corrected chi connectivity index (χ2v) is 8.54. The fourth-order valence-electron chi connectivity index (χ4n) is 2.60. The van der Waals surface area contributed by atoms with Gasteiger partial charge in [0.25, 0.3) is 0 Å². The molecule has 0 spiro atoms. The maximum absolute atomic E-state index is 12.3. The molecule has 1 aliphatic heterocycles. The van der Waals surface area contributed by atoms with Crippen molar-refractivity contribution in [2.75, 3.05) is 23.5 Å². The lowest BCUT2D eigenvalue weighted by Crippen LogP contribution is -2.34. The van der Waals surface area contributed by atoms with E-state index in [-0.39, 0.29) is 23.5 Å². The first-order chi connectivity index (χ1) is 9.12. The molecule has 0 saturated carbocycles. The van der Waals surface area contributed by atoms with E-state index in [4.69, 9.17) is 11.6 Å². The van der Waals surface area contributed by atoms with Crippen molar-refractivity contribution in [2.45, 2.75) is 25.7 Å².